The van der Waals surface area contributed by atoms with Crippen LogP contribution in [0.3, 0.4) is 0 Å². The minimum atomic E-state index is -0.919. The summed E-state index contributed by atoms with van der Waals surface area (Å²) in [7, 11) is 0. The molecule has 1 N–H and O–H groups in total. The van der Waals surface area contributed by atoms with Gasteiger partial charge in [0.2, 0.25) is 0 Å². The van der Waals surface area contributed by atoms with Crippen LogP contribution in [0.1, 0.15) is 0 Å². The van der Waals surface area contributed by atoms with Gasteiger partial charge in [-0.05, 0) is 24.3 Å². The molecule has 0 aliphatic carbocycles. The number of para-hydroxylation sites is 2. The molecule has 0 aliphatic heterocycles. The number of carbonyl (C=O) groups is 1. The number of hydrogen-bond acceptors (Lipinski definition) is 4. The molecule has 3 aromatic rings. The van der Waals surface area contributed by atoms with E-state index in [0.717, 1.165) is 6.07 Å². The Bertz CT molecular complexity index is 1010. The maximum atomic E-state index is 13.4. The number of aromatic amines is 1. The number of hydrogen-bond donors (Lipinski definition) is 1. The van der Waals surface area contributed by atoms with Crippen molar-refractivity contribution in [2.24, 2.45) is 0 Å². The van der Waals surface area contributed by atoms with Crippen molar-refractivity contribution in [3.05, 3.63) is 75.2 Å². The third-order valence-electron chi connectivity index (χ3n) is 3.24. The van der Waals surface area contributed by atoms with Crippen LogP contribution >= 0.6 is 0 Å². The first kappa shape index (κ1) is 14.7. The van der Waals surface area contributed by atoms with Crippen molar-refractivity contribution in [3.63, 3.8) is 0 Å². The molecule has 0 fully saturated rings. The zero-order valence-electron chi connectivity index (χ0n) is 11.8. The van der Waals surface area contributed by atoms with E-state index in [9.17, 15) is 18.8 Å². The predicted molar refractivity (Wildman–Crippen MR) is 80.9 cm³/mol. The van der Waals surface area contributed by atoms with Gasteiger partial charge in [-0.3, -0.25) is 4.79 Å². The third kappa shape index (κ3) is 2.89. The number of nitrogens with one attached hydrogen (secondary N) is 1. The summed E-state index contributed by atoms with van der Waals surface area (Å²) in [6.07, 6.45) is 0. The van der Waals surface area contributed by atoms with Crippen molar-refractivity contribution in [3.8, 4) is 5.75 Å². The lowest BCUT2D eigenvalue weighted by molar-refractivity contribution is -0.135. The number of fused-ring (bicyclic) bond motifs is 1. The van der Waals surface area contributed by atoms with Crippen LogP contribution in [0.25, 0.3) is 10.9 Å². The molecule has 7 heteroatoms. The summed E-state index contributed by atoms with van der Waals surface area (Å²) in [6.45, 7) is -0.618. The van der Waals surface area contributed by atoms with Crippen molar-refractivity contribution < 1.29 is 13.9 Å². The van der Waals surface area contributed by atoms with Crippen molar-refractivity contribution in [2.45, 2.75) is 6.54 Å². The van der Waals surface area contributed by atoms with Gasteiger partial charge >= 0.3 is 11.7 Å². The Morgan fingerprint density at radius 1 is 1.09 bits per heavy atom. The average molecular weight is 314 g/mol. The Morgan fingerprint density at radius 2 is 1.78 bits per heavy atom. The van der Waals surface area contributed by atoms with Crippen LogP contribution in [0.5, 0.6) is 5.75 Å². The van der Waals surface area contributed by atoms with E-state index in [2.05, 4.69) is 4.98 Å². The van der Waals surface area contributed by atoms with Crippen LogP contribution in [0.2, 0.25) is 0 Å². The average Bonchev–Trinajstić information content (AvgIpc) is 2.54. The lowest BCUT2D eigenvalue weighted by atomic mass is 10.2. The van der Waals surface area contributed by atoms with Gasteiger partial charge in [0.25, 0.3) is 5.56 Å². The fourth-order valence-corrected chi connectivity index (χ4v) is 2.15. The molecular formula is C16H11FN2O4. The standard InChI is InChI=1S/C16H11FN2O4/c17-11-6-2-4-8-13(11)23-14(20)9-19-15(21)10-5-1-3-7-12(10)18-16(19)22/h1-8H,9H2,(H,18,22). The van der Waals surface area contributed by atoms with Gasteiger partial charge < -0.3 is 9.72 Å². The number of benzene rings is 2. The van der Waals surface area contributed by atoms with E-state index >= 15 is 0 Å². The van der Waals surface area contributed by atoms with E-state index in [0.29, 0.717) is 10.1 Å². The number of H-pyrrole nitrogens is 1. The summed E-state index contributed by atoms with van der Waals surface area (Å²) in [5, 5.41) is 0.269. The molecule has 0 atom stereocenters. The summed E-state index contributed by atoms with van der Waals surface area (Å²) in [4.78, 5) is 38.6. The number of nitrogens with zero attached hydrogens (tertiary/aromatic N) is 1. The van der Waals surface area contributed by atoms with Crippen LogP contribution in [-0.2, 0) is 11.3 Å². The first-order chi connectivity index (χ1) is 11.1. The summed E-state index contributed by atoms with van der Waals surface area (Å²) in [5.41, 5.74) is -0.977. The normalized spacial score (nSPS) is 10.7. The maximum Gasteiger partial charge on any atom is 0.331 e. The molecule has 0 radical (unpaired) electrons. The molecule has 6 nitrogen and oxygen atoms in total. The van der Waals surface area contributed by atoms with Gasteiger partial charge in [0.05, 0.1) is 10.9 Å². The van der Waals surface area contributed by atoms with Gasteiger partial charge in [0.1, 0.15) is 6.54 Å². The van der Waals surface area contributed by atoms with Gasteiger partial charge in [0.15, 0.2) is 11.6 Å². The van der Waals surface area contributed by atoms with Crippen molar-refractivity contribution in [1.29, 1.82) is 0 Å². The van der Waals surface area contributed by atoms with E-state index in [-0.39, 0.29) is 11.1 Å². The van der Waals surface area contributed by atoms with Crippen LogP contribution in [-0.4, -0.2) is 15.5 Å². The van der Waals surface area contributed by atoms with Crippen LogP contribution in [0.4, 0.5) is 4.39 Å². The summed E-state index contributed by atoms with van der Waals surface area (Å²) < 4.78 is 19.0. The number of ether oxygens (including phenoxy) is 1. The molecule has 0 amide bonds. The lowest BCUT2D eigenvalue weighted by Gasteiger charge is -2.07. The second kappa shape index (κ2) is 5.88. The highest BCUT2D eigenvalue weighted by molar-refractivity contribution is 5.77. The van der Waals surface area contributed by atoms with Crippen molar-refractivity contribution in [1.82, 2.24) is 9.55 Å². The monoisotopic (exact) mass is 314 g/mol. The third-order valence-corrected chi connectivity index (χ3v) is 3.24. The maximum absolute atomic E-state index is 13.4. The number of aromatic nitrogens is 2. The topological polar surface area (TPSA) is 81.2 Å². The number of rotatable bonds is 3. The van der Waals surface area contributed by atoms with Gasteiger partial charge in [-0.15, -0.1) is 0 Å². The van der Waals surface area contributed by atoms with E-state index in [1.807, 2.05) is 0 Å². The second-order valence-electron chi connectivity index (χ2n) is 4.77. The van der Waals surface area contributed by atoms with Gasteiger partial charge in [0, 0.05) is 0 Å². The number of esters is 1. The Hall–Kier alpha value is -3.22. The molecule has 116 valence electrons. The molecule has 0 unspecified atom stereocenters. The molecule has 2 aromatic carbocycles. The molecular weight excluding hydrogens is 303 g/mol. The summed E-state index contributed by atoms with van der Waals surface area (Å²) >= 11 is 0. The van der Waals surface area contributed by atoms with Gasteiger partial charge in [-0.2, -0.15) is 0 Å². The minimum Gasteiger partial charge on any atom is -0.422 e. The molecule has 23 heavy (non-hydrogen) atoms. The Labute approximate surface area is 128 Å². The summed E-state index contributed by atoms with van der Waals surface area (Å²) in [6, 6.07) is 11.8. The fraction of sp³-hybridized carbons (Fsp3) is 0.0625. The van der Waals surface area contributed by atoms with E-state index in [1.54, 1.807) is 18.2 Å². The highest BCUT2D eigenvalue weighted by Crippen LogP contribution is 2.15. The largest absolute Gasteiger partial charge is 0.422 e. The van der Waals surface area contributed by atoms with E-state index in [4.69, 9.17) is 4.74 Å². The highest BCUT2D eigenvalue weighted by Gasteiger charge is 2.14. The molecule has 0 saturated carbocycles. The zero-order valence-corrected chi connectivity index (χ0v) is 11.8. The Kier molecular flexibility index (Phi) is 3.76. The quantitative estimate of drug-likeness (QED) is 0.586. The first-order valence-corrected chi connectivity index (χ1v) is 6.73. The number of halogens is 1. The Balaban J connectivity index is 1.93. The molecule has 3 rings (SSSR count). The predicted octanol–water partition coefficient (Wildman–Crippen LogP) is 1.43. The molecule has 0 saturated heterocycles. The SMILES string of the molecule is O=C(Cn1c(=O)[nH]c2ccccc2c1=O)Oc1ccccc1F. The molecule has 0 spiro atoms. The summed E-state index contributed by atoms with van der Waals surface area (Å²) in [5.74, 6) is -1.89. The van der Waals surface area contributed by atoms with E-state index < -0.39 is 29.6 Å². The first-order valence-electron chi connectivity index (χ1n) is 6.73. The minimum absolute atomic E-state index is 0.261. The van der Waals surface area contributed by atoms with Gasteiger partial charge in [-0.25, -0.2) is 18.5 Å². The molecule has 1 aromatic heterocycles. The highest BCUT2D eigenvalue weighted by atomic mass is 19.1. The molecule has 1 heterocycles. The van der Waals surface area contributed by atoms with Crippen molar-refractivity contribution >= 4 is 16.9 Å². The van der Waals surface area contributed by atoms with Crippen LogP contribution in [0, 0.1) is 5.82 Å². The number of carbonyl (C=O) groups excluding carboxylic acids is 1. The lowest BCUT2D eigenvalue weighted by Crippen LogP contribution is -2.38. The zero-order chi connectivity index (χ0) is 16.4. The molecule has 0 bridgehead atoms. The van der Waals surface area contributed by atoms with E-state index in [1.165, 1.54) is 24.3 Å². The fourth-order valence-electron chi connectivity index (χ4n) is 2.15. The molecule has 0 aliphatic rings. The van der Waals surface area contributed by atoms with Crippen LogP contribution < -0.4 is 16.0 Å². The smallest absolute Gasteiger partial charge is 0.331 e. The van der Waals surface area contributed by atoms with Crippen molar-refractivity contribution in [2.75, 3.05) is 0 Å². The van der Waals surface area contributed by atoms with Gasteiger partial charge in [-0.1, -0.05) is 24.3 Å². The Morgan fingerprint density at radius 3 is 2.57 bits per heavy atom. The van der Waals surface area contributed by atoms with Crippen LogP contribution in [0.15, 0.2) is 58.1 Å². The second-order valence-corrected chi connectivity index (χ2v) is 4.77.